The van der Waals surface area contributed by atoms with E-state index in [2.05, 4.69) is 20.3 Å². The van der Waals surface area contributed by atoms with Crippen LogP contribution in [0.25, 0.3) is 10.9 Å². The van der Waals surface area contributed by atoms with Crippen LogP contribution in [0.1, 0.15) is 29.2 Å². The number of carbonyl (C=O) groups excluding carboxylic acids is 2. The van der Waals surface area contributed by atoms with Gasteiger partial charge in [0.1, 0.15) is 0 Å². The van der Waals surface area contributed by atoms with Crippen molar-refractivity contribution in [3.8, 4) is 0 Å². The van der Waals surface area contributed by atoms with Crippen molar-refractivity contribution in [2.24, 2.45) is 0 Å². The van der Waals surface area contributed by atoms with Gasteiger partial charge in [-0.25, -0.2) is 19.2 Å². The number of likely N-dealkylation sites (N-methyl/N-ethyl adjacent to an activating group) is 1. The van der Waals surface area contributed by atoms with Crippen LogP contribution in [0.2, 0.25) is 5.02 Å². The van der Waals surface area contributed by atoms with Crippen molar-refractivity contribution in [3.05, 3.63) is 59.0 Å². The minimum Gasteiger partial charge on any atom is -0.357 e. The zero-order chi connectivity index (χ0) is 22.0. The van der Waals surface area contributed by atoms with Crippen LogP contribution in [0.4, 0.5) is 9.18 Å². The largest absolute Gasteiger partial charge is 0.357 e. The van der Waals surface area contributed by atoms with E-state index in [1.165, 1.54) is 0 Å². The number of amides is 3. The molecule has 4 rings (SSSR count). The second kappa shape index (κ2) is 8.89. The molecule has 3 heterocycles. The minimum atomic E-state index is -0.595. The molecular weight excluding hydrogens is 423 g/mol. The second-order valence-corrected chi connectivity index (χ2v) is 8.00. The highest BCUT2D eigenvalue weighted by molar-refractivity contribution is 6.31. The number of aromatic nitrogens is 3. The quantitative estimate of drug-likeness (QED) is 0.646. The van der Waals surface area contributed by atoms with E-state index < -0.39 is 5.82 Å². The van der Waals surface area contributed by atoms with Crippen LogP contribution in [-0.4, -0.2) is 62.9 Å². The lowest BCUT2D eigenvalue weighted by atomic mass is 10.0. The van der Waals surface area contributed by atoms with Crippen LogP contribution in [0.15, 0.2) is 36.7 Å². The maximum absolute atomic E-state index is 13.0. The molecule has 1 atom stereocenters. The molecule has 10 heteroatoms. The number of nitrogens with zero attached hydrogens (tertiary/aromatic N) is 4. The van der Waals surface area contributed by atoms with Crippen LogP contribution in [0, 0.1) is 5.82 Å². The van der Waals surface area contributed by atoms with E-state index in [0.29, 0.717) is 24.7 Å². The summed E-state index contributed by atoms with van der Waals surface area (Å²) >= 11 is 6.02. The number of likely N-dealkylation sites (tertiary alicyclic amines) is 1. The fourth-order valence-corrected chi connectivity index (χ4v) is 3.92. The zero-order valence-electron chi connectivity index (χ0n) is 16.9. The first-order valence-corrected chi connectivity index (χ1v) is 10.3. The van der Waals surface area contributed by atoms with Gasteiger partial charge in [0.25, 0.3) is 5.91 Å². The molecule has 1 aliphatic rings. The third-order valence-electron chi connectivity index (χ3n) is 5.43. The maximum atomic E-state index is 13.0. The molecule has 0 unspecified atom stereocenters. The van der Waals surface area contributed by atoms with Gasteiger partial charge in [0.2, 0.25) is 5.82 Å². The van der Waals surface area contributed by atoms with Crippen LogP contribution in [0.3, 0.4) is 0 Å². The zero-order valence-corrected chi connectivity index (χ0v) is 17.7. The van der Waals surface area contributed by atoms with E-state index in [-0.39, 0.29) is 23.8 Å². The Morgan fingerprint density at radius 3 is 2.87 bits per heavy atom. The van der Waals surface area contributed by atoms with Gasteiger partial charge in [-0.2, -0.15) is 0 Å². The number of rotatable bonds is 4. The third kappa shape index (κ3) is 4.77. The molecule has 162 valence electrons. The number of halogens is 2. The molecule has 8 nitrogen and oxygen atoms in total. The standard InChI is InChI=1S/C21H22ClFN6O2/c1-28(21(31)26-11-16-8-13-7-14(22)4-5-18(13)27-16)17-3-2-6-29(12-17)20(30)19-24-9-15(23)10-25-19/h4-5,7-10,17,27H,2-3,6,11-12H2,1H3,(H,26,31)/t17-/m1/s1. The Morgan fingerprint density at radius 1 is 1.32 bits per heavy atom. The number of aromatic amines is 1. The fourth-order valence-electron chi connectivity index (χ4n) is 3.74. The van der Waals surface area contributed by atoms with Gasteiger partial charge < -0.3 is 20.1 Å². The molecule has 3 amide bonds. The highest BCUT2D eigenvalue weighted by Gasteiger charge is 2.30. The van der Waals surface area contributed by atoms with Crippen LogP contribution in [-0.2, 0) is 6.54 Å². The Labute approximate surface area is 183 Å². The van der Waals surface area contributed by atoms with Crippen LogP contribution >= 0.6 is 11.6 Å². The molecule has 1 saturated heterocycles. The second-order valence-electron chi connectivity index (χ2n) is 7.57. The van der Waals surface area contributed by atoms with Gasteiger partial charge >= 0.3 is 6.03 Å². The van der Waals surface area contributed by atoms with Crippen molar-refractivity contribution in [3.63, 3.8) is 0 Å². The van der Waals surface area contributed by atoms with Gasteiger partial charge in [0, 0.05) is 41.8 Å². The first-order valence-electron chi connectivity index (χ1n) is 9.95. The normalized spacial score (nSPS) is 16.4. The van der Waals surface area contributed by atoms with E-state index in [4.69, 9.17) is 11.6 Å². The van der Waals surface area contributed by atoms with Crippen molar-refractivity contribution in [2.45, 2.75) is 25.4 Å². The van der Waals surface area contributed by atoms with E-state index in [0.717, 1.165) is 41.8 Å². The maximum Gasteiger partial charge on any atom is 0.317 e. The number of urea groups is 1. The van der Waals surface area contributed by atoms with Crippen LogP contribution in [0.5, 0.6) is 0 Å². The summed E-state index contributed by atoms with van der Waals surface area (Å²) in [6, 6.07) is 7.15. The Bertz CT molecular complexity index is 1100. The Hall–Kier alpha value is -3.20. The van der Waals surface area contributed by atoms with E-state index in [1.807, 2.05) is 24.3 Å². The topological polar surface area (TPSA) is 94.2 Å². The minimum absolute atomic E-state index is 0.0481. The summed E-state index contributed by atoms with van der Waals surface area (Å²) in [6.07, 6.45) is 3.47. The highest BCUT2D eigenvalue weighted by Crippen LogP contribution is 2.20. The number of hydrogen-bond acceptors (Lipinski definition) is 4. The van der Waals surface area contributed by atoms with Crippen molar-refractivity contribution in [1.82, 2.24) is 30.1 Å². The summed E-state index contributed by atoms with van der Waals surface area (Å²) in [4.78, 5) is 39.3. The number of nitrogens with one attached hydrogen (secondary N) is 2. The molecule has 1 fully saturated rings. The molecule has 0 saturated carbocycles. The third-order valence-corrected chi connectivity index (χ3v) is 5.67. The van der Waals surface area contributed by atoms with Crippen molar-refractivity contribution < 1.29 is 14.0 Å². The molecule has 2 N–H and O–H groups in total. The number of benzene rings is 1. The lowest BCUT2D eigenvalue weighted by molar-refractivity contribution is 0.0624. The summed E-state index contributed by atoms with van der Waals surface area (Å²) in [5.41, 5.74) is 1.82. The highest BCUT2D eigenvalue weighted by atomic mass is 35.5. The molecule has 3 aromatic rings. The van der Waals surface area contributed by atoms with Gasteiger partial charge in [-0.15, -0.1) is 0 Å². The number of hydrogen-bond donors (Lipinski definition) is 2. The molecule has 0 bridgehead atoms. The molecule has 1 aromatic carbocycles. The summed E-state index contributed by atoms with van der Waals surface area (Å²) in [7, 11) is 1.72. The SMILES string of the molecule is CN(C(=O)NCc1cc2cc(Cl)ccc2[nH]1)[C@@H]1CCCN(C(=O)c2ncc(F)cn2)C1. The molecule has 1 aliphatic heterocycles. The number of carbonyl (C=O) groups is 2. The lowest BCUT2D eigenvalue weighted by Gasteiger charge is -2.37. The number of H-pyrrole nitrogens is 1. The first-order chi connectivity index (χ1) is 14.9. The van der Waals surface area contributed by atoms with Crippen LogP contribution < -0.4 is 5.32 Å². The molecule has 2 aromatic heterocycles. The number of fused-ring (bicyclic) bond motifs is 1. The van der Waals surface area contributed by atoms with Crippen molar-refractivity contribution >= 4 is 34.4 Å². The van der Waals surface area contributed by atoms with E-state index in [9.17, 15) is 14.0 Å². The van der Waals surface area contributed by atoms with E-state index >= 15 is 0 Å². The van der Waals surface area contributed by atoms with Crippen molar-refractivity contribution in [1.29, 1.82) is 0 Å². The summed E-state index contributed by atoms with van der Waals surface area (Å²) in [5, 5.41) is 4.54. The summed E-state index contributed by atoms with van der Waals surface area (Å²) < 4.78 is 13.0. The van der Waals surface area contributed by atoms with Crippen molar-refractivity contribution in [2.75, 3.05) is 20.1 Å². The van der Waals surface area contributed by atoms with Gasteiger partial charge in [-0.05, 0) is 37.1 Å². The lowest BCUT2D eigenvalue weighted by Crippen LogP contribution is -2.52. The molecule has 0 aliphatic carbocycles. The molecule has 0 spiro atoms. The van der Waals surface area contributed by atoms with Gasteiger partial charge in [0.15, 0.2) is 5.82 Å². The predicted molar refractivity (Wildman–Crippen MR) is 114 cm³/mol. The van der Waals surface area contributed by atoms with E-state index in [1.54, 1.807) is 16.8 Å². The first kappa shape index (κ1) is 21.0. The Balaban J connectivity index is 1.35. The fraction of sp³-hybridized carbons (Fsp3) is 0.333. The van der Waals surface area contributed by atoms with Gasteiger partial charge in [-0.3, -0.25) is 4.79 Å². The van der Waals surface area contributed by atoms with Gasteiger partial charge in [-0.1, -0.05) is 11.6 Å². The average molecular weight is 445 g/mol. The summed E-state index contributed by atoms with van der Waals surface area (Å²) in [6.45, 7) is 1.26. The Morgan fingerprint density at radius 2 is 2.10 bits per heavy atom. The van der Waals surface area contributed by atoms with Gasteiger partial charge in [0.05, 0.1) is 25.0 Å². The average Bonchev–Trinajstić information content (AvgIpc) is 3.19. The summed E-state index contributed by atoms with van der Waals surface area (Å²) in [5.74, 6) is -1.01. The molecule has 31 heavy (non-hydrogen) atoms. The molecule has 0 radical (unpaired) electrons. The monoisotopic (exact) mass is 444 g/mol. The number of piperidine rings is 1. The Kier molecular flexibility index (Phi) is 6.03. The smallest absolute Gasteiger partial charge is 0.317 e. The predicted octanol–water partition coefficient (Wildman–Crippen LogP) is 3.20. The molecular formula is C21H22ClFN6O2.